The highest BCUT2D eigenvalue weighted by atomic mass is 79.9. The molecule has 0 aliphatic heterocycles. The molecule has 96 valence electrons. The van der Waals surface area contributed by atoms with Gasteiger partial charge in [0.05, 0.1) is 22.2 Å². The van der Waals surface area contributed by atoms with Crippen LogP contribution in [0.1, 0.15) is 10.5 Å². The molecule has 0 unspecified atom stereocenters. The molecule has 0 atom stereocenters. The summed E-state index contributed by atoms with van der Waals surface area (Å²) in [5.41, 5.74) is 0.237. The maximum Gasteiger partial charge on any atom is 0.273 e. The first-order chi connectivity index (χ1) is 8.56. The van der Waals surface area contributed by atoms with Crippen LogP contribution in [0.2, 0.25) is 5.02 Å². The van der Waals surface area contributed by atoms with Crippen LogP contribution >= 0.6 is 27.5 Å². The van der Waals surface area contributed by atoms with Gasteiger partial charge in [-0.15, -0.1) is 0 Å². The number of rotatable bonds is 4. The number of aromatic nitrogens is 4. The number of aryl methyl sites for hydroxylation is 1. The van der Waals surface area contributed by atoms with Crippen LogP contribution in [0.5, 0.6) is 0 Å². The van der Waals surface area contributed by atoms with E-state index in [-0.39, 0.29) is 11.6 Å². The second-order valence-corrected chi connectivity index (χ2v) is 5.00. The first-order valence-corrected chi connectivity index (χ1v) is 6.38. The molecule has 0 saturated heterocycles. The number of hydrogen-bond acceptors (Lipinski definition) is 3. The molecular formula is C10H11BrClN5O. The van der Waals surface area contributed by atoms with Gasteiger partial charge in [0.25, 0.3) is 5.91 Å². The Bertz CT molecular complexity index is 564. The first kappa shape index (κ1) is 13.1. The molecule has 18 heavy (non-hydrogen) atoms. The summed E-state index contributed by atoms with van der Waals surface area (Å²) in [5, 5.41) is 11.1. The van der Waals surface area contributed by atoms with E-state index in [2.05, 4.69) is 31.4 Å². The van der Waals surface area contributed by atoms with Gasteiger partial charge in [0.15, 0.2) is 5.69 Å². The van der Waals surface area contributed by atoms with E-state index in [0.29, 0.717) is 18.1 Å². The van der Waals surface area contributed by atoms with Gasteiger partial charge in [-0.3, -0.25) is 14.2 Å². The lowest BCUT2D eigenvalue weighted by Gasteiger charge is -2.03. The number of halogens is 2. The number of nitrogens with zero attached hydrogens (tertiary/aromatic N) is 4. The molecule has 2 heterocycles. The number of carbonyl (C=O) groups excluding carboxylic acids is 1. The van der Waals surface area contributed by atoms with Crippen molar-refractivity contribution in [2.24, 2.45) is 7.05 Å². The average Bonchev–Trinajstić information content (AvgIpc) is 2.85. The molecule has 0 aliphatic rings. The van der Waals surface area contributed by atoms with Crippen molar-refractivity contribution in [2.45, 2.75) is 6.54 Å². The van der Waals surface area contributed by atoms with E-state index in [0.717, 1.165) is 4.47 Å². The SMILES string of the molecule is Cn1cc(Cl)c(C(=O)NCCn2cc(Br)cn2)n1. The molecule has 0 aromatic carbocycles. The number of carbonyl (C=O) groups is 1. The largest absolute Gasteiger partial charge is 0.349 e. The van der Waals surface area contributed by atoms with Crippen molar-refractivity contribution in [2.75, 3.05) is 6.54 Å². The highest BCUT2D eigenvalue weighted by Gasteiger charge is 2.13. The summed E-state index contributed by atoms with van der Waals surface area (Å²) in [4.78, 5) is 11.8. The minimum atomic E-state index is -0.285. The van der Waals surface area contributed by atoms with E-state index < -0.39 is 0 Å². The predicted octanol–water partition coefficient (Wildman–Crippen LogP) is 1.46. The maximum absolute atomic E-state index is 11.8. The summed E-state index contributed by atoms with van der Waals surface area (Å²) in [7, 11) is 1.71. The fourth-order valence-electron chi connectivity index (χ4n) is 1.44. The average molecular weight is 333 g/mol. The summed E-state index contributed by atoms with van der Waals surface area (Å²) in [6.45, 7) is 1.04. The first-order valence-electron chi connectivity index (χ1n) is 5.21. The molecule has 6 nitrogen and oxygen atoms in total. The van der Waals surface area contributed by atoms with Crippen LogP contribution < -0.4 is 5.32 Å². The third kappa shape index (κ3) is 3.11. The Morgan fingerprint density at radius 2 is 2.33 bits per heavy atom. The highest BCUT2D eigenvalue weighted by molar-refractivity contribution is 9.10. The molecule has 2 aromatic rings. The van der Waals surface area contributed by atoms with Crippen molar-refractivity contribution in [1.82, 2.24) is 24.9 Å². The van der Waals surface area contributed by atoms with E-state index >= 15 is 0 Å². The van der Waals surface area contributed by atoms with E-state index in [9.17, 15) is 4.79 Å². The molecule has 1 amide bonds. The summed E-state index contributed by atoms with van der Waals surface area (Å²) in [5.74, 6) is -0.285. The standard InChI is InChI=1S/C10H11BrClN5O/c1-16-6-8(12)9(15-16)10(18)13-2-3-17-5-7(11)4-14-17/h4-6H,2-3H2,1H3,(H,13,18). The van der Waals surface area contributed by atoms with Crippen LogP contribution in [0.3, 0.4) is 0 Å². The highest BCUT2D eigenvalue weighted by Crippen LogP contribution is 2.12. The van der Waals surface area contributed by atoms with E-state index in [1.54, 1.807) is 24.1 Å². The van der Waals surface area contributed by atoms with E-state index in [1.165, 1.54) is 4.68 Å². The number of nitrogens with one attached hydrogen (secondary N) is 1. The lowest BCUT2D eigenvalue weighted by Crippen LogP contribution is -2.28. The topological polar surface area (TPSA) is 64.7 Å². The van der Waals surface area contributed by atoms with Crippen molar-refractivity contribution < 1.29 is 4.79 Å². The molecule has 0 fully saturated rings. The zero-order valence-corrected chi connectivity index (χ0v) is 11.9. The smallest absolute Gasteiger partial charge is 0.273 e. The number of amides is 1. The molecule has 1 N–H and O–H groups in total. The van der Waals surface area contributed by atoms with Gasteiger partial charge in [0, 0.05) is 26.0 Å². The lowest BCUT2D eigenvalue weighted by molar-refractivity contribution is 0.0946. The van der Waals surface area contributed by atoms with Crippen molar-refractivity contribution in [3.8, 4) is 0 Å². The zero-order valence-electron chi connectivity index (χ0n) is 9.60. The molecule has 0 aliphatic carbocycles. The molecule has 2 aromatic heterocycles. The van der Waals surface area contributed by atoms with Crippen LogP contribution in [-0.4, -0.2) is 32.0 Å². The van der Waals surface area contributed by atoms with Gasteiger partial charge >= 0.3 is 0 Å². The Hall–Kier alpha value is -1.34. The minimum Gasteiger partial charge on any atom is -0.349 e. The van der Waals surface area contributed by atoms with Crippen molar-refractivity contribution >= 4 is 33.4 Å². The predicted molar refractivity (Wildman–Crippen MR) is 70.5 cm³/mol. The van der Waals surface area contributed by atoms with Gasteiger partial charge in [-0.05, 0) is 15.9 Å². The van der Waals surface area contributed by atoms with Gasteiger partial charge in [0.2, 0.25) is 0 Å². The fraction of sp³-hybridized carbons (Fsp3) is 0.300. The zero-order chi connectivity index (χ0) is 13.1. The van der Waals surface area contributed by atoms with Gasteiger partial charge in [-0.1, -0.05) is 11.6 Å². The molecular weight excluding hydrogens is 322 g/mol. The summed E-state index contributed by atoms with van der Waals surface area (Å²) in [6, 6.07) is 0. The van der Waals surface area contributed by atoms with Gasteiger partial charge in [-0.25, -0.2) is 0 Å². The maximum atomic E-state index is 11.8. The Labute approximate surface area is 117 Å². The Morgan fingerprint density at radius 3 is 2.89 bits per heavy atom. The lowest BCUT2D eigenvalue weighted by atomic mass is 10.4. The Balaban J connectivity index is 1.87. The summed E-state index contributed by atoms with van der Waals surface area (Å²) < 4.78 is 4.13. The molecule has 8 heteroatoms. The minimum absolute atomic E-state index is 0.237. The van der Waals surface area contributed by atoms with Crippen LogP contribution in [0.15, 0.2) is 23.1 Å². The van der Waals surface area contributed by atoms with Crippen molar-refractivity contribution in [3.05, 3.63) is 33.8 Å². The van der Waals surface area contributed by atoms with E-state index in [1.807, 2.05) is 6.20 Å². The van der Waals surface area contributed by atoms with Crippen molar-refractivity contribution in [1.29, 1.82) is 0 Å². The normalized spacial score (nSPS) is 10.6. The van der Waals surface area contributed by atoms with Crippen LogP contribution in [0, 0.1) is 0 Å². The summed E-state index contributed by atoms with van der Waals surface area (Å²) in [6.07, 6.45) is 5.11. The molecule has 0 radical (unpaired) electrons. The Morgan fingerprint density at radius 1 is 1.56 bits per heavy atom. The Kier molecular flexibility index (Phi) is 4.03. The van der Waals surface area contributed by atoms with Crippen LogP contribution in [-0.2, 0) is 13.6 Å². The molecule has 0 spiro atoms. The fourth-order valence-corrected chi connectivity index (χ4v) is 2.03. The van der Waals surface area contributed by atoms with Crippen LogP contribution in [0.4, 0.5) is 0 Å². The van der Waals surface area contributed by atoms with E-state index in [4.69, 9.17) is 11.6 Å². The van der Waals surface area contributed by atoms with Gasteiger partial charge < -0.3 is 5.32 Å². The molecule has 2 rings (SSSR count). The second kappa shape index (κ2) is 5.53. The van der Waals surface area contributed by atoms with Crippen LogP contribution in [0.25, 0.3) is 0 Å². The summed E-state index contributed by atoms with van der Waals surface area (Å²) >= 11 is 9.17. The quantitative estimate of drug-likeness (QED) is 0.922. The van der Waals surface area contributed by atoms with Gasteiger partial charge in [0.1, 0.15) is 0 Å². The third-order valence-electron chi connectivity index (χ3n) is 2.23. The monoisotopic (exact) mass is 331 g/mol. The van der Waals surface area contributed by atoms with Crippen molar-refractivity contribution in [3.63, 3.8) is 0 Å². The molecule has 0 saturated carbocycles. The van der Waals surface area contributed by atoms with Gasteiger partial charge in [-0.2, -0.15) is 10.2 Å². The second-order valence-electron chi connectivity index (χ2n) is 3.68. The third-order valence-corrected chi connectivity index (χ3v) is 2.91. The number of hydrogen-bond donors (Lipinski definition) is 1. The molecule has 0 bridgehead atoms.